The van der Waals surface area contributed by atoms with E-state index in [2.05, 4.69) is 24.8 Å². The number of aryl methyl sites for hydroxylation is 1. The van der Waals surface area contributed by atoms with Crippen LogP contribution in [0.5, 0.6) is 0 Å². The molecule has 1 aliphatic heterocycles. The third-order valence-corrected chi connectivity index (χ3v) is 5.83. The molecule has 1 saturated heterocycles. The summed E-state index contributed by atoms with van der Waals surface area (Å²) in [5.41, 5.74) is 1.88. The van der Waals surface area contributed by atoms with Crippen LogP contribution in [0.4, 0.5) is 0 Å². The molecule has 3 unspecified atom stereocenters. The lowest BCUT2D eigenvalue weighted by molar-refractivity contribution is -0.140. The van der Waals surface area contributed by atoms with Gasteiger partial charge < -0.3 is 10.0 Å². The number of rotatable bonds is 2. The summed E-state index contributed by atoms with van der Waals surface area (Å²) in [5.74, 6) is 0.00911. The van der Waals surface area contributed by atoms with E-state index in [-0.39, 0.29) is 17.2 Å². The first-order valence-corrected chi connectivity index (χ1v) is 8.58. The molecule has 0 aromatic heterocycles. The summed E-state index contributed by atoms with van der Waals surface area (Å²) in [4.78, 5) is 16.9. The average molecular weight is 316 g/mol. The number of amides is 1. The monoisotopic (exact) mass is 316 g/mol. The average Bonchev–Trinajstić information content (AvgIpc) is 2.91. The molecule has 1 heterocycles. The minimum Gasteiger partial charge on any atom is -0.388 e. The summed E-state index contributed by atoms with van der Waals surface area (Å²) in [5, 5.41) is 11.2. The van der Waals surface area contributed by atoms with E-state index in [0.29, 0.717) is 6.04 Å². The molecule has 0 radical (unpaired) electrons. The van der Waals surface area contributed by atoms with Crippen molar-refractivity contribution in [2.24, 2.45) is 11.3 Å². The lowest BCUT2D eigenvalue weighted by atomic mass is 9.63. The predicted molar refractivity (Wildman–Crippen MR) is 91.0 cm³/mol. The van der Waals surface area contributed by atoms with Gasteiger partial charge in [0.1, 0.15) is 0 Å². The van der Waals surface area contributed by atoms with Crippen LogP contribution < -0.4 is 0 Å². The number of hydrogen-bond acceptors (Lipinski definition) is 3. The fourth-order valence-electron chi connectivity index (χ4n) is 4.37. The van der Waals surface area contributed by atoms with Crippen LogP contribution in [-0.2, 0) is 11.2 Å². The van der Waals surface area contributed by atoms with E-state index in [1.165, 1.54) is 5.56 Å². The quantitative estimate of drug-likeness (QED) is 0.908. The van der Waals surface area contributed by atoms with Gasteiger partial charge in [-0.1, -0.05) is 24.3 Å². The molecule has 0 bridgehead atoms. The number of aliphatic hydroxyl groups is 1. The Morgan fingerprint density at radius 1 is 1.35 bits per heavy atom. The first-order chi connectivity index (χ1) is 10.9. The van der Waals surface area contributed by atoms with E-state index in [4.69, 9.17) is 0 Å². The van der Waals surface area contributed by atoms with Gasteiger partial charge in [-0.15, -0.1) is 0 Å². The fourth-order valence-corrected chi connectivity index (χ4v) is 4.37. The van der Waals surface area contributed by atoms with Gasteiger partial charge in [0, 0.05) is 38.6 Å². The third kappa shape index (κ3) is 2.58. The lowest BCUT2D eigenvalue weighted by Gasteiger charge is -2.43. The second-order valence-electron chi connectivity index (χ2n) is 7.64. The van der Waals surface area contributed by atoms with Crippen molar-refractivity contribution in [2.75, 3.05) is 27.2 Å². The molecule has 126 valence electrons. The molecular formula is C19H28N2O2. The number of fused-ring (bicyclic) bond motifs is 1. The maximum absolute atomic E-state index is 12.8. The second-order valence-corrected chi connectivity index (χ2v) is 7.64. The minimum absolute atomic E-state index is 0.136. The first kappa shape index (κ1) is 16.5. The van der Waals surface area contributed by atoms with Gasteiger partial charge in [0.05, 0.1) is 12.0 Å². The summed E-state index contributed by atoms with van der Waals surface area (Å²) < 4.78 is 0. The van der Waals surface area contributed by atoms with Crippen molar-refractivity contribution in [2.45, 2.75) is 38.8 Å². The summed E-state index contributed by atoms with van der Waals surface area (Å²) >= 11 is 0. The molecule has 2 aliphatic rings. The molecule has 1 spiro atoms. The van der Waals surface area contributed by atoms with Gasteiger partial charge in [-0.3, -0.25) is 9.69 Å². The van der Waals surface area contributed by atoms with E-state index < -0.39 is 6.10 Å². The Balaban J connectivity index is 2.02. The van der Waals surface area contributed by atoms with Crippen molar-refractivity contribution in [3.63, 3.8) is 0 Å². The zero-order valence-corrected chi connectivity index (χ0v) is 14.6. The summed E-state index contributed by atoms with van der Waals surface area (Å²) in [6.07, 6.45) is 1.25. The zero-order chi connectivity index (χ0) is 16.8. The minimum atomic E-state index is -0.565. The van der Waals surface area contributed by atoms with Crippen LogP contribution in [0.3, 0.4) is 0 Å². The second kappa shape index (κ2) is 5.91. The Morgan fingerprint density at radius 2 is 2.04 bits per heavy atom. The third-order valence-electron chi connectivity index (χ3n) is 5.83. The van der Waals surface area contributed by atoms with Gasteiger partial charge in [0.2, 0.25) is 5.91 Å². The number of carbonyl (C=O) groups is 1. The maximum atomic E-state index is 12.8. The smallest absolute Gasteiger partial charge is 0.227 e. The van der Waals surface area contributed by atoms with Crippen molar-refractivity contribution < 1.29 is 9.90 Å². The van der Waals surface area contributed by atoms with Gasteiger partial charge in [0.25, 0.3) is 0 Å². The van der Waals surface area contributed by atoms with E-state index in [1.807, 2.05) is 32.3 Å². The van der Waals surface area contributed by atoms with E-state index in [0.717, 1.165) is 31.5 Å². The van der Waals surface area contributed by atoms with Gasteiger partial charge >= 0.3 is 0 Å². The molecule has 23 heavy (non-hydrogen) atoms. The van der Waals surface area contributed by atoms with Gasteiger partial charge in [-0.05, 0) is 37.8 Å². The molecule has 0 saturated carbocycles. The fraction of sp³-hybridized carbons (Fsp3) is 0.632. The Morgan fingerprint density at radius 3 is 2.70 bits per heavy atom. The molecule has 4 nitrogen and oxygen atoms in total. The molecule has 1 amide bonds. The Labute approximate surface area is 139 Å². The van der Waals surface area contributed by atoms with Gasteiger partial charge in [-0.25, -0.2) is 0 Å². The normalized spacial score (nSPS) is 30.7. The molecule has 1 N–H and O–H groups in total. The Kier molecular flexibility index (Phi) is 4.23. The maximum Gasteiger partial charge on any atom is 0.227 e. The van der Waals surface area contributed by atoms with Crippen LogP contribution in [0, 0.1) is 11.3 Å². The van der Waals surface area contributed by atoms with Crippen LogP contribution in [0.15, 0.2) is 24.3 Å². The summed E-state index contributed by atoms with van der Waals surface area (Å²) in [6, 6.07) is 8.52. The van der Waals surface area contributed by atoms with Crippen LogP contribution in [0.1, 0.15) is 37.5 Å². The van der Waals surface area contributed by atoms with Crippen LogP contribution in [0.25, 0.3) is 0 Å². The molecule has 1 fully saturated rings. The molecule has 3 atom stereocenters. The SMILES string of the molecule is CC(C)N1CC(C(=O)N(C)C)C2(CCc3ccccc3C2O)C1. The van der Waals surface area contributed by atoms with Crippen LogP contribution in [0.2, 0.25) is 0 Å². The number of benzene rings is 1. The highest BCUT2D eigenvalue weighted by Crippen LogP contribution is 2.53. The first-order valence-electron chi connectivity index (χ1n) is 8.58. The highest BCUT2D eigenvalue weighted by atomic mass is 16.3. The summed E-state index contributed by atoms with van der Waals surface area (Å²) in [7, 11) is 3.63. The molecular weight excluding hydrogens is 288 g/mol. The number of nitrogens with zero attached hydrogens (tertiary/aromatic N) is 2. The Hall–Kier alpha value is -1.39. The van der Waals surface area contributed by atoms with Crippen LogP contribution >= 0.6 is 0 Å². The standard InChI is InChI=1S/C19H28N2O2/c1-13(2)21-11-16(18(23)20(3)4)19(12-21)10-9-14-7-5-6-8-15(14)17(19)22/h5-8,13,16-17,22H,9-12H2,1-4H3. The van der Waals surface area contributed by atoms with Gasteiger partial charge in [0.15, 0.2) is 0 Å². The highest BCUT2D eigenvalue weighted by molar-refractivity contribution is 5.80. The number of carbonyl (C=O) groups excluding carboxylic acids is 1. The molecule has 1 aliphatic carbocycles. The predicted octanol–water partition coefficient (Wildman–Crippen LogP) is 2.08. The summed E-state index contributed by atoms with van der Waals surface area (Å²) in [6.45, 7) is 5.87. The molecule has 1 aromatic rings. The highest BCUT2D eigenvalue weighted by Gasteiger charge is 2.56. The van der Waals surface area contributed by atoms with Crippen molar-refractivity contribution in [1.82, 2.24) is 9.80 Å². The van der Waals surface area contributed by atoms with E-state index in [1.54, 1.807) is 4.90 Å². The number of hydrogen-bond donors (Lipinski definition) is 1. The Bertz CT molecular complexity index is 599. The van der Waals surface area contributed by atoms with Crippen molar-refractivity contribution in [3.8, 4) is 0 Å². The molecule has 4 heteroatoms. The largest absolute Gasteiger partial charge is 0.388 e. The van der Waals surface area contributed by atoms with Crippen molar-refractivity contribution in [3.05, 3.63) is 35.4 Å². The molecule has 3 rings (SSSR count). The van der Waals surface area contributed by atoms with Gasteiger partial charge in [-0.2, -0.15) is 0 Å². The zero-order valence-electron chi connectivity index (χ0n) is 14.6. The van der Waals surface area contributed by atoms with E-state index >= 15 is 0 Å². The number of likely N-dealkylation sites (tertiary alicyclic amines) is 1. The molecule has 1 aromatic carbocycles. The van der Waals surface area contributed by atoms with Crippen LogP contribution in [-0.4, -0.2) is 54.0 Å². The number of aliphatic hydroxyl groups excluding tert-OH is 1. The van der Waals surface area contributed by atoms with Crippen molar-refractivity contribution >= 4 is 5.91 Å². The topological polar surface area (TPSA) is 43.8 Å². The van der Waals surface area contributed by atoms with E-state index in [9.17, 15) is 9.90 Å². The lowest BCUT2D eigenvalue weighted by Crippen LogP contribution is -2.46. The van der Waals surface area contributed by atoms with Crippen molar-refractivity contribution in [1.29, 1.82) is 0 Å².